The van der Waals surface area contributed by atoms with Crippen LogP contribution in [0.1, 0.15) is 18.0 Å². The highest BCUT2D eigenvalue weighted by Crippen LogP contribution is 2.51. The van der Waals surface area contributed by atoms with Gasteiger partial charge in [-0.3, -0.25) is 19.7 Å². The fourth-order valence-corrected chi connectivity index (χ4v) is 5.29. The molecule has 4 unspecified atom stereocenters. The van der Waals surface area contributed by atoms with E-state index in [1.54, 1.807) is 48.2 Å². The molecule has 0 spiro atoms. The summed E-state index contributed by atoms with van der Waals surface area (Å²) in [4.78, 5) is 41.5. The minimum absolute atomic E-state index is 0.0969. The lowest BCUT2D eigenvalue weighted by atomic mass is 9.78. The van der Waals surface area contributed by atoms with Crippen molar-refractivity contribution >= 4 is 35.2 Å². The molecule has 2 aliphatic heterocycles. The summed E-state index contributed by atoms with van der Waals surface area (Å²) in [5, 5.41) is 13.0. The molecule has 7 nitrogen and oxygen atoms in total. The number of esters is 1. The zero-order valence-electron chi connectivity index (χ0n) is 17.3. The number of para-hydroxylation sites is 1. The molecule has 0 bridgehead atoms. The Balaban J connectivity index is 1.85. The minimum Gasteiger partial charge on any atom is -0.508 e. The van der Waals surface area contributed by atoms with Gasteiger partial charge in [0.05, 0.1) is 24.6 Å². The number of thioether (sulfide) groups is 1. The van der Waals surface area contributed by atoms with Gasteiger partial charge in [0.1, 0.15) is 11.3 Å². The lowest BCUT2D eigenvalue weighted by Crippen LogP contribution is -2.56. The first-order valence-electron chi connectivity index (χ1n) is 10.0. The van der Waals surface area contributed by atoms with Crippen LogP contribution in [0.3, 0.4) is 0 Å². The molecular formula is C23H24N2O5S. The molecule has 4 rings (SSSR count). The summed E-state index contributed by atoms with van der Waals surface area (Å²) in [6.07, 6.45) is 2.27. The largest absolute Gasteiger partial charge is 0.508 e. The molecule has 8 heteroatoms. The van der Waals surface area contributed by atoms with Crippen molar-refractivity contribution in [3.8, 4) is 5.75 Å². The Morgan fingerprint density at radius 3 is 2.42 bits per heavy atom. The van der Waals surface area contributed by atoms with Crippen LogP contribution in [-0.2, 0) is 19.1 Å². The van der Waals surface area contributed by atoms with Gasteiger partial charge >= 0.3 is 5.97 Å². The van der Waals surface area contributed by atoms with E-state index in [0.29, 0.717) is 17.9 Å². The second-order valence-electron chi connectivity index (χ2n) is 7.77. The average Bonchev–Trinajstić information content (AvgIpc) is 3.27. The number of rotatable bonds is 6. The van der Waals surface area contributed by atoms with Crippen LogP contribution in [0.2, 0.25) is 0 Å². The minimum atomic E-state index is -1.32. The third kappa shape index (κ3) is 3.40. The van der Waals surface area contributed by atoms with Crippen LogP contribution in [0.15, 0.2) is 54.6 Å². The number of ether oxygens (including phenoxy) is 1. The number of methoxy groups -OCH3 is 1. The first kappa shape index (κ1) is 21.4. The Morgan fingerprint density at radius 2 is 1.81 bits per heavy atom. The SMILES string of the molecule is COC(=O)C1(CCSC)NC(c2ccc(O)cc2)C2C(=O)N(c3ccccc3)C(=O)C21. The third-order valence-electron chi connectivity index (χ3n) is 6.17. The summed E-state index contributed by atoms with van der Waals surface area (Å²) in [6, 6.07) is 14.7. The third-order valence-corrected chi connectivity index (χ3v) is 6.78. The van der Waals surface area contributed by atoms with Gasteiger partial charge in [-0.2, -0.15) is 11.8 Å². The molecule has 0 aromatic heterocycles. The van der Waals surface area contributed by atoms with Crippen molar-refractivity contribution in [2.75, 3.05) is 24.0 Å². The molecule has 0 aliphatic carbocycles. The Hall–Kier alpha value is -2.84. The van der Waals surface area contributed by atoms with Crippen LogP contribution in [0.5, 0.6) is 5.75 Å². The molecule has 2 saturated heterocycles. The highest BCUT2D eigenvalue weighted by molar-refractivity contribution is 7.98. The summed E-state index contributed by atoms with van der Waals surface area (Å²) in [5.74, 6) is -2.24. The number of benzene rings is 2. The molecule has 31 heavy (non-hydrogen) atoms. The van der Waals surface area contributed by atoms with Crippen molar-refractivity contribution in [1.82, 2.24) is 5.32 Å². The van der Waals surface area contributed by atoms with Gasteiger partial charge in [-0.05, 0) is 48.3 Å². The van der Waals surface area contributed by atoms with Gasteiger partial charge in [-0.15, -0.1) is 0 Å². The first-order valence-corrected chi connectivity index (χ1v) is 11.4. The van der Waals surface area contributed by atoms with Crippen molar-refractivity contribution in [3.05, 3.63) is 60.2 Å². The molecule has 2 heterocycles. The summed E-state index contributed by atoms with van der Waals surface area (Å²) >= 11 is 1.56. The predicted molar refractivity (Wildman–Crippen MR) is 118 cm³/mol. The summed E-state index contributed by atoms with van der Waals surface area (Å²) in [6.45, 7) is 0. The van der Waals surface area contributed by atoms with Crippen molar-refractivity contribution in [2.24, 2.45) is 11.8 Å². The van der Waals surface area contributed by atoms with Gasteiger partial charge in [0.2, 0.25) is 11.8 Å². The topological polar surface area (TPSA) is 95.9 Å². The van der Waals surface area contributed by atoms with E-state index >= 15 is 0 Å². The highest BCUT2D eigenvalue weighted by Gasteiger charge is 2.68. The van der Waals surface area contributed by atoms with Crippen molar-refractivity contribution in [2.45, 2.75) is 18.0 Å². The number of anilines is 1. The van der Waals surface area contributed by atoms with Gasteiger partial charge < -0.3 is 9.84 Å². The van der Waals surface area contributed by atoms with E-state index in [4.69, 9.17) is 4.74 Å². The number of phenols is 1. The number of hydrogen-bond acceptors (Lipinski definition) is 7. The molecule has 0 saturated carbocycles. The molecule has 2 aromatic rings. The molecule has 2 amide bonds. The number of phenolic OH excluding ortho intramolecular Hbond substituents is 1. The van der Waals surface area contributed by atoms with E-state index in [2.05, 4.69) is 5.32 Å². The van der Waals surface area contributed by atoms with Crippen LogP contribution in [0, 0.1) is 11.8 Å². The van der Waals surface area contributed by atoms with Crippen molar-refractivity contribution in [3.63, 3.8) is 0 Å². The van der Waals surface area contributed by atoms with Gasteiger partial charge in [-0.1, -0.05) is 30.3 Å². The highest BCUT2D eigenvalue weighted by atomic mass is 32.2. The smallest absolute Gasteiger partial charge is 0.326 e. The molecule has 0 radical (unpaired) electrons. The fraction of sp³-hybridized carbons (Fsp3) is 0.348. The number of fused-ring (bicyclic) bond motifs is 1. The Bertz CT molecular complexity index is 997. The van der Waals surface area contributed by atoms with Crippen LogP contribution in [0.4, 0.5) is 5.69 Å². The normalized spacial score (nSPS) is 27.4. The maximum atomic E-state index is 13.6. The van der Waals surface area contributed by atoms with E-state index in [-0.39, 0.29) is 11.7 Å². The number of nitrogens with zero attached hydrogens (tertiary/aromatic N) is 1. The lowest BCUT2D eigenvalue weighted by molar-refractivity contribution is -0.152. The molecular weight excluding hydrogens is 416 g/mol. The maximum Gasteiger partial charge on any atom is 0.326 e. The quantitative estimate of drug-likeness (QED) is 0.526. The van der Waals surface area contributed by atoms with Gasteiger partial charge in [0.15, 0.2) is 0 Å². The maximum absolute atomic E-state index is 13.6. The molecule has 2 fully saturated rings. The second kappa shape index (κ2) is 8.36. The van der Waals surface area contributed by atoms with Crippen LogP contribution in [-0.4, -0.2) is 47.5 Å². The van der Waals surface area contributed by atoms with Crippen molar-refractivity contribution in [1.29, 1.82) is 0 Å². The van der Waals surface area contributed by atoms with E-state index < -0.39 is 35.3 Å². The molecule has 2 aromatic carbocycles. The first-order chi connectivity index (χ1) is 14.9. The molecule has 4 atom stereocenters. The lowest BCUT2D eigenvalue weighted by Gasteiger charge is -2.32. The summed E-state index contributed by atoms with van der Waals surface area (Å²) < 4.78 is 5.14. The van der Waals surface area contributed by atoms with Gasteiger partial charge in [0, 0.05) is 6.04 Å². The Labute approximate surface area is 184 Å². The van der Waals surface area contributed by atoms with Gasteiger partial charge in [0.25, 0.3) is 0 Å². The van der Waals surface area contributed by atoms with Crippen LogP contribution >= 0.6 is 11.8 Å². The van der Waals surface area contributed by atoms with E-state index in [1.165, 1.54) is 24.1 Å². The number of carbonyl (C=O) groups excluding carboxylic acids is 3. The Kier molecular flexibility index (Phi) is 5.77. The summed E-state index contributed by atoms with van der Waals surface area (Å²) in [5.41, 5.74) is -0.111. The van der Waals surface area contributed by atoms with Crippen molar-refractivity contribution < 1.29 is 24.2 Å². The molecule has 162 valence electrons. The number of carbonyl (C=O) groups is 3. The molecule has 2 aliphatic rings. The number of imide groups is 1. The van der Waals surface area contributed by atoms with Crippen LogP contribution < -0.4 is 10.2 Å². The number of aromatic hydroxyl groups is 1. The second-order valence-corrected chi connectivity index (χ2v) is 8.76. The van der Waals surface area contributed by atoms with E-state index in [9.17, 15) is 19.5 Å². The van der Waals surface area contributed by atoms with Crippen LogP contribution in [0.25, 0.3) is 0 Å². The standard InChI is InChI=1S/C23H24N2O5S/c1-30-22(29)23(12-13-31-2)18-17(19(24-23)14-8-10-16(26)11-9-14)20(27)25(21(18)28)15-6-4-3-5-7-15/h3-11,17-19,24,26H,12-13H2,1-2H3. The number of amides is 2. The fourth-order valence-electron chi connectivity index (χ4n) is 4.77. The average molecular weight is 441 g/mol. The monoisotopic (exact) mass is 440 g/mol. The summed E-state index contributed by atoms with van der Waals surface area (Å²) in [7, 11) is 1.30. The molecule has 2 N–H and O–H groups in total. The van der Waals surface area contributed by atoms with E-state index in [1.807, 2.05) is 12.3 Å². The number of hydrogen-bond donors (Lipinski definition) is 2. The van der Waals surface area contributed by atoms with Gasteiger partial charge in [-0.25, -0.2) is 4.90 Å². The zero-order chi connectivity index (χ0) is 22.2. The number of nitrogens with one attached hydrogen (secondary N) is 1. The van der Waals surface area contributed by atoms with E-state index in [0.717, 1.165) is 5.56 Å². The predicted octanol–water partition coefficient (Wildman–Crippen LogP) is 2.51. The Morgan fingerprint density at radius 1 is 1.13 bits per heavy atom. The zero-order valence-corrected chi connectivity index (χ0v) is 18.1.